The van der Waals surface area contributed by atoms with E-state index in [-0.39, 0.29) is 17.3 Å². The Hall–Kier alpha value is -2.63. The summed E-state index contributed by atoms with van der Waals surface area (Å²) >= 11 is 8.56. The summed E-state index contributed by atoms with van der Waals surface area (Å²) in [5, 5.41) is 3.38. The Labute approximate surface area is 249 Å². The summed E-state index contributed by atoms with van der Waals surface area (Å²) in [7, 11) is -4.09. The van der Waals surface area contributed by atoms with Gasteiger partial charge in [-0.05, 0) is 83.5 Å². The van der Waals surface area contributed by atoms with Gasteiger partial charge in [0.05, 0.1) is 10.6 Å². The molecule has 0 aliphatic carbocycles. The van der Waals surface area contributed by atoms with Crippen LogP contribution >= 0.6 is 34.2 Å². The zero-order valence-electron chi connectivity index (χ0n) is 22.0. The highest BCUT2D eigenvalue weighted by Crippen LogP contribution is 2.26. The van der Waals surface area contributed by atoms with Crippen LogP contribution in [-0.2, 0) is 26.2 Å². The molecule has 0 unspecified atom stereocenters. The van der Waals surface area contributed by atoms with E-state index in [0.717, 1.165) is 20.7 Å². The van der Waals surface area contributed by atoms with E-state index in [0.29, 0.717) is 29.2 Å². The molecule has 0 radical (unpaired) electrons. The summed E-state index contributed by atoms with van der Waals surface area (Å²) in [5.41, 5.74) is 1.02. The molecule has 0 aromatic heterocycles. The van der Waals surface area contributed by atoms with E-state index in [4.69, 9.17) is 11.6 Å². The van der Waals surface area contributed by atoms with Crippen molar-refractivity contribution in [3.8, 4) is 0 Å². The Morgan fingerprint density at radius 2 is 1.59 bits per heavy atom. The molecule has 1 N–H and O–H groups in total. The van der Waals surface area contributed by atoms with E-state index in [9.17, 15) is 18.0 Å². The minimum absolute atomic E-state index is 0.0596. The maximum atomic E-state index is 14.0. The number of nitrogens with one attached hydrogen (secondary N) is 1. The van der Waals surface area contributed by atoms with Crippen LogP contribution in [0.25, 0.3) is 0 Å². The van der Waals surface area contributed by atoms with Crippen LogP contribution in [0.3, 0.4) is 0 Å². The number of hydrogen-bond acceptors (Lipinski definition) is 4. The van der Waals surface area contributed by atoms with Crippen LogP contribution in [0.15, 0.2) is 83.8 Å². The van der Waals surface area contributed by atoms with Crippen molar-refractivity contribution in [1.29, 1.82) is 0 Å². The van der Waals surface area contributed by atoms with Crippen molar-refractivity contribution in [1.82, 2.24) is 10.2 Å². The van der Waals surface area contributed by atoms with Crippen LogP contribution in [0.2, 0.25) is 5.02 Å². The topological polar surface area (TPSA) is 86.8 Å². The van der Waals surface area contributed by atoms with Crippen molar-refractivity contribution < 1.29 is 18.0 Å². The first kappa shape index (κ1) is 30.9. The molecule has 0 saturated carbocycles. The molecule has 0 fully saturated rings. The Morgan fingerprint density at radius 1 is 0.949 bits per heavy atom. The van der Waals surface area contributed by atoms with E-state index in [1.54, 1.807) is 60.7 Å². The van der Waals surface area contributed by atoms with Gasteiger partial charge in [-0.2, -0.15) is 0 Å². The number of amides is 2. The summed E-state index contributed by atoms with van der Waals surface area (Å²) in [6.45, 7) is 3.93. The molecule has 0 bridgehead atoms. The lowest BCUT2D eigenvalue weighted by atomic mass is 10.1. The standard InChI is InChI=1S/C29H33ClIN3O4S/c1-3-5-19-32-29(36)27(4-2)33(20-22-11-9-10-14-26(22)30)28(35)21-34(24-17-15-23(31)16-18-24)39(37,38)25-12-7-6-8-13-25/h6-18,27H,3-5,19-21H2,1-2H3,(H,32,36)/t27-/m1/s1. The number of carbonyl (C=O) groups excluding carboxylic acids is 2. The van der Waals surface area contributed by atoms with Gasteiger partial charge in [0.15, 0.2) is 0 Å². The van der Waals surface area contributed by atoms with Gasteiger partial charge in [0.1, 0.15) is 12.6 Å². The number of halogens is 2. The molecule has 39 heavy (non-hydrogen) atoms. The number of hydrogen-bond donors (Lipinski definition) is 1. The fourth-order valence-corrected chi connectivity index (χ4v) is 6.08. The smallest absolute Gasteiger partial charge is 0.264 e. The van der Waals surface area contributed by atoms with Gasteiger partial charge in [0, 0.05) is 21.7 Å². The van der Waals surface area contributed by atoms with Gasteiger partial charge in [-0.25, -0.2) is 8.42 Å². The summed E-state index contributed by atoms with van der Waals surface area (Å²) in [4.78, 5) is 28.7. The molecule has 0 heterocycles. The largest absolute Gasteiger partial charge is 0.354 e. The molecular weight excluding hydrogens is 649 g/mol. The van der Waals surface area contributed by atoms with E-state index < -0.39 is 28.5 Å². The molecule has 0 spiro atoms. The number of rotatable bonds is 13. The highest BCUT2D eigenvalue weighted by molar-refractivity contribution is 14.1. The molecule has 3 aromatic carbocycles. The minimum atomic E-state index is -4.09. The molecule has 3 rings (SSSR count). The van der Waals surface area contributed by atoms with Gasteiger partial charge in [-0.3, -0.25) is 13.9 Å². The fraction of sp³-hybridized carbons (Fsp3) is 0.310. The predicted octanol–water partition coefficient (Wildman–Crippen LogP) is 5.86. The number of anilines is 1. The molecule has 10 heteroatoms. The van der Waals surface area contributed by atoms with Gasteiger partial charge < -0.3 is 10.2 Å². The van der Waals surface area contributed by atoms with Crippen LogP contribution < -0.4 is 9.62 Å². The first-order valence-electron chi connectivity index (χ1n) is 12.8. The summed E-state index contributed by atoms with van der Waals surface area (Å²) in [5.74, 6) is -0.788. The third kappa shape index (κ3) is 8.18. The van der Waals surface area contributed by atoms with Crippen LogP contribution in [0.1, 0.15) is 38.7 Å². The van der Waals surface area contributed by atoms with Crippen molar-refractivity contribution in [2.45, 2.75) is 50.6 Å². The number of unbranched alkanes of at least 4 members (excludes halogenated alkanes) is 1. The molecule has 208 valence electrons. The lowest BCUT2D eigenvalue weighted by Crippen LogP contribution is -2.52. The third-order valence-corrected chi connectivity index (χ3v) is 9.11. The Balaban J connectivity index is 2.02. The normalized spacial score (nSPS) is 12.0. The first-order valence-corrected chi connectivity index (χ1v) is 15.7. The molecule has 0 aliphatic heterocycles. The SMILES string of the molecule is CCCCNC(=O)[C@@H](CC)N(Cc1ccccc1Cl)C(=O)CN(c1ccc(I)cc1)S(=O)(=O)c1ccccc1. The fourth-order valence-electron chi connectivity index (χ4n) is 4.09. The highest BCUT2D eigenvalue weighted by Gasteiger charge is 2.33. The molecule has 2 amide bonds. The summed E-state index contributed by atoms with van der Waals surface area (Å²) in [6.07, 6.45) is 2.08. The Kier molecular flexibility index (Phi) is 11.6. The second kappa shape index (κ2) is 14.7. The third-order valence-electron chi connectivity index (χ3n) is 6.24. The van der Waals surface area contributed by atoms with E-state index in [2.05, 4.69) is 27.9 Å². The quantitative estimate of drug-likeness (QED) is 0.181. The molecular formula is C29H33ClIN3O4S. The van der Waals surface area contributed by atoms with Crippen LogP contribution in [0.5, 0.6) is 0 Å². The molecule has 0 saturated heterocycles. The van der Waals surface area contributed by atoms with Gasteiger partial charge in [-0.15, -0.1) is 0 Å². The minimum Gasteiger partial charge on any atom is -0.354 e. The zero-order chi connectivity index (χ0) is 28.4. The highest BCUT2D eigenvalue weighted by atomic mass is 127. The van der Waals surface area contributed by atoms with Crippen LogP contribution in [-0.4, -0.2) is 44.3 Å². The van der Waals surface area contributed by atoms with Gasteiger partial charge in [0.2, 0.25) is 11.8 Å². The number of nitrogens with zero attached hydrogens (tertiary/aromatic N) is 2. The number of sulfonamides is 1. The zero-order valence-corrected chi connectivity index (χ0v) is 25.7. The van der Waals surface area contributed by atoms with E-state index in [1.165, 1.54) is 17.0 Å². The van der Waals surface area contributed by atoms with Gasteiger partial charge in [0.25, 0.3) is 10.0 Å². The van der Waals surface area contributed by atoms with Gasteiger partial charge >= 0.3 is 0 Å². The maximum Gasteiger partial charge on any atom is 0.264 e. The second-order valence-electron chi connectivity index (χ2n) is 8.98. The Morgan fingerprint density at radius 3 is 2.21 bits per heavy atom. The summed E-state index contributed by atoms with van der Waals surface area (Å²) in [6, 6.07) is 21.2. The molecule has 7 nitrogen and oxygen atoms in total. The van der Waals surface area contributed by atoms with E-state index >= 15 is 0 Å². The lowest BCUT2D eigenvalue weighted by molar-refractivity contribution is -0.140. The van der Waals surface area contributed by atoms with E-state index in [1.807, 2.05) is 19.9 Å². The van der Waals surface area contributed by atoms with Crippen molar-refractivity contribution in [2.24, 2.45) is 0 Å². The lowest BCUT2D eigenvalue weighted by Gasteiger charge is -2.33. The van der Waals surface area contributed by atoms with Crippen molar-refractivity contribution >= 4 is 61.7 Å². The van der Waals surface area contributed by atoms with Crippen molar-refractivity contribution in [3.05, 3.63) is 93.0 Å². The Bertz CT molecular complexity index is 1350. The predicted molar refractivity (Wildman–Crippen MR) is 164 cm³/mol. The average molecular weight is 682 g/mol. The number of benzene rings is 3. The van der Waals surface area contributed by atoms with Crippen molar-refractivity contribution in [3.63, 3.8) is 0 Å². The monoisotopic (exact) mass is 681 g/mol. The van der Waals surface area contributed by atoms with Gasteiger partial charge in [-0.1, -0.05) is 68.3 Å². The second-order valence-corrected chi connectivity index (χ2v) is 12.5. The molecule has 3 aromatic rings. The average Bonchev–Trinajstić information content (AvgIpc) is 2.93. The van der Waals surface area contributed by atoms with Crippen LogP contribution in [0, 0.1) is 3.57 Å². The van der Waals surface area contributed by atoms with Crippen molar-refractivity contribution in [2.75, 3.05) is 17.4 Å². The molecule has 1 atom stereocenters. The summed E-state index contributed by atoms with van der Waals surface area (Å²) < 4.78 is 29.6. The van der Waals surface area contributed by atoms with Crippen LogP contribution in [0.4, 0.5) is 5.69 Å². The maximum absolute atomic E-state index is 14.0. The molecule has 0 aliphatic rings. The first-order chi connectivity index (χ1) is 18.7. The number of carbonyl (C=O) groups is 2.